The van der Waals surface area contributed by atoms with Crippen LogP contribution in [-0.2, 0) is 0 Å². The third-order valence-corrected chi connectivity index (χ3v) is 6.27. The molecule has 1 aliphatic heterocycles. The fourth-order valence-corrected chi connectivity index (χ4v) is 4.30. The van der Waals surface area contributed by atoms with Crippen LogP contribution in [0.4, 0.5) is 0 Å². The van der Waals surface area contributed by atoms with Crippen molar-refractivity contribution in [2.75, 3.05) is 19.7 Å². The number of pyridine rings is 1. The number of fused-ring (bicyclic) bond motifs is 1. The predicted octanol–water partition coefficient (Wildman–Crippen LogP) is 3.76. The second-order valence-corrected chi connectivity index (χ2v) is 8.27. The molecule has 5 rings (SSSR count). The van der Waals surface area contributed by atoms with Crippen molar-refractivity contribution in [1.82, 2.24) is 20.1 Å². The van der Waals surface area contributed by atoms with Gasteiger partial charge in [-0.25, -0.2) is 14.5 Å². The number of para-hydroxylation sites is 1. The molecule has 2 aliphatic rings. The zero-order valence-electron chi connectivity index (χ0n) is 16.9. The van der Waals surface area contributed by atoms with Gasteiger partial charge in [-0.3, -0.25) is 0 Å². The van der Waals surface area contributed by atoms with Gasteiger partial charge < -0.3 is 15.2 Å². The van der Waals surface area contributed by atoms with Crippen LogP contribution in [0.2, 0.25) is 0 Å². The molecule has 30 heavy (non-hydrogen) atoms. The van der Waals surface area contributed by atoms with Gasteiger partial charge in [0.15, 0.2) is 11.3 Å². The Morgan fingerprint density at radius 3 is 2.60 bits per heavy atom. The third-order valence-electron chi connectivity index (χ3n) is 6.27. The molecule has 1 aliphatic carbocycles. The molecule has 2 fully saturated rings. The lowest BCUT2D eigenvalue weighted by molar-refractivity contribution is 0.0690. The van der Waals surface area contributed by atoms with Crippen molar-refractivity contribution in [2.45, 2.75) is 38.0 Å². The van der Waals surface area contributed by atoms with Gasteiger partial charge in [0, 0.05) is 12.0 Å². The molecule has 7 nitrogen and oxygen atoms in total. The molecular formula is C23H26N4O3. The van der Waals surface area contributed by atoms with E-state index in [1.807, 2.05) is 30.3 Å². The molecule has 0 amide bonds. The highest BCUT2D eigenvalue weighted by molar-refractivity contribution is 5.94. The van der Waals surface area contributed by atoms with Crippen LogP contribution in [0, 0.1) is 5.92 Å². The molecule has 0 radical (unpaired) electrons. The van der Waals surface area contributed by atoms with Crippen LogP contribution in [0.1, 0.15) is 54.2 Å². The van der Waals surface area contributed by atoms with Gasteiger partial charge in [-0.1, -0.05) is 24.6 Å². The molecule has 0 bridgehead atoms. The van der Waals surface area contributed by atoms with Crippen LogP contribution in [0.3, 0.4) is 0 Å². The number of carboxylic acids is 1. The molecule has 0 unspecified atom stereocenters. The third kappa shape index (κ3) is 3.54. The van der Waals surface area contributed by atoms with E-state index in [2.05, 4.69) is 10.3 Å². The van der Waals surface area contributed by atoms with E-state index in [0.717, 1.165) is 55.5 Å². The predicted molar refractivity (Wildman–Crippen MR) is 114 cm³/mol. The first-order valence-electron chi connectivity index (χ1n) is 10.8. The van der Waals surface area contributed by atoms with Crippen LogP contribution in [0.25, 0.3) is 16.7 Å². The van der Waals surface area contributed by atoms with E-state index >= 15 is 0 Å². The zero-order valence-corrected chi connectivity index (χ0v) is 16.9. The van der Waals surface area contributed by atoms with Crippen molar-refractivity contribution in [3.05, 3.63) is 47.8 Å². The minimum Gasteiger partial charge on any atom is -0.492 e. The second-order valence-electron chi connectivity index (χ2n) is 8.27. The average molecular weight is 406 g/mol. The summed E-state index contributed by atoms with van der Waals surface area (Å²) >= 11 is 0. The van der Waals surface area contributed by atoms with E-state index in [9.17, 15) is 9.90 Å². The van der Waals surface area contributed by atoms with Gasteiger partial charge in [-0.05, 0) is 56.8 Å². The van der Waals surface area contributed by atoms with E-state index in [0.29, 0.717) is 29.8 Å². The monoisotopic (exact) mass is 406 g/mol. The van der Waals surface area contributed by atoms with Gasteiger partial charge in [-0.15, -0.1) is 0 Å². The quantitative estimate of drug-likeness (QED) is 0.648. The summed E-state index contributed by atoms with van der Waals surface area (Å²) in [6.45, 7) is 2.58. The number of nitrogens with one attached hydrogen (secondary N) is 1. The Bertz CT molecular complexity index is 1050. The van der Waals surface area contributed by atoms with E-state index in [-0.39, 0.29) is 5.69 Å². The van der Waals surface area contributed by atoms with Crippen molar-refractivity contribution in [2.24, 2.45) is 5.92 Å². The van der Waals surface area contributed by atoms with Gasteiger partial charge >= 0.3 is 5.97 Å². The highest BCUT2D eigenvalue weighted by Gasteiger charge is 2.30. The van der Waals surface area contributed by atoms with Crippen molar-refractivity contribution in [1.29, 1.82) is 0 Å². The maximum Gasteiger partial charge on any atom is 0.354 e. The number of hydrogen-bond donors (Lipinski definition) is 2. The SMILES string of the molecule is O=C(O)c1cc(OCC2CCNCC2)c2c(C3CCC3)nn(-c3ccccc3)c2n1. The Morgan fingerprint density at radius 1 is 1.17 bits per heavy atom. The number of aromatic carboxylic acids is 1. The lowest BCUT2D eigenvalue weighted by atomic mass is 9.82. The Hall–Kier alpha value is -2.93. The van der Waals surface area contributed by atoms with Crippen LogP contribution in [0.5, 0.6) is 5.75 Å². The Balaban J connectivity index is 1.63. The molecule has 1 aromatic carbocycles. The fraction of sp³-hybridized carbons (Fsp3) is 0.435. The number of benzene rings is 1. The molecule has 1 saturated carbocycles. The summed E-state index contributed by atoms with van der Waals surface area (Å²) in [5.41, 5.74) is 2.39. The molecule has 0 atom stereocenters. The van der Waals surface area contributed by atoms with E-state index in [1.165, 1.54) is 6.42 Å². The number of ether oxygens (including phenoxy) is 1. The first-order valence-corrected chi connectivity index (χ1v) is 10.8. The molecule has 1 saturated heterocycles. The first kappa shape index (κ1) is 19.1. The number of piperidine rings is 1. The highest BCUT2D eigenvalue weighted by Crippen LogP contribution is 2.42. The minimum atomic E-state index is -1.06. The summed E-state index contributed by atoms with van der Waals surface area (Å²) in [4.78, 5) is 16.3. The fourth-order valence-electron chi connectivity index (χ4n) is 4.30. The number of hydrogen-bond acceptors (Lipinski definition) is 5. The van der Waals surface area contributed by atoms with Crippen molar-refractivity contribution in [3.63, 3.8) is 0 Å². The summed E-state index contributed by atoms with van der Waals surface area (Å²) in [6.07, 6.45) is 5.51. The van der Waals surface area contributed by atoms with Gasteiger partial charge in [0.25, 0.3) is 0 Å². The van der Waals surface area contributed by atoms with Crippen molar-refractivity contribution < 1.29 is 14.6 Å². The normalized spacial score (nSPS) is 17.7. The first-order chi connectivity index (χ1) is 14.7. The Kier molecular flexibility index (Phi) is 5.12. The van der Waals surface area contributed by atoms with Crippen molar-refractivity contribution in [3.8, 4) is 11.4 Å². The second kappa shape index (κ2) is 8.07. The largest absolute Gasteiger partial charge is 0.492 e. The number of rotatable bonds is 6. The molecule has 2 N–H and O–H groups in total. The number of nitrogens with zero attached hydrogens (tertiary/aromatic N) is 3. The molecular weight excluding hydrogens is 380 g/mol. The topological polar surface area (TPSA) is 89.3 Å². The molecule has 2 aromatic heterocycles. The van der Waals surface area contributed by atoms with Gasteiger partial charge in [-0.2, -0.15) is 5.10 Å². The number of carboxylic acid groups (broad SMARTS) is 1. The highest BCUT2D eigenvalue weighted by atomic mass is 16.5. The van der Waals surface area contributed by atoms with E-state index in [1.54, 1.807) is 10.7 Å². The minimum absolute atomic E-state index is 0.0138. The standard InChI is InChI=1S/C23H26N4O3/c28-23(29)18-13-19(30-14-15-9-11-24-12-10-15)20-21(16-5-4-6-16)26-27(22(20)25-18)17-7-2-1-3-8-17/h1-3,7-8,13,15-16,24H,4-6,9-12,14H2,(H,28,29). The summed E-state index contributed by atoms with van der Waals surface area (Å²) in [5, 5.41) is 18.8. The molecule has 156 valence electrons. The summed E-state index contributed by atoms with van der Waals surface area (Å²) in [5.74, 6) is 0.380. The average Bonchev–Trinajstić information content (AvgIpc) is 3.11. The smallest absolute Gasteiger partial charge is 0.354 e. The molecule has 3 aromatic rings. The van der Waals surface area contributed by atoms with Gasteiger partial charge in [0.05, 0.1) is 23.4 Å². The Morgan fingerprint density at radius 2 is 1.93 bits per heavy atom. The molecule has 0 spiro atoms. The van der Waals surface area contributed by atoms with Crippen LogP contribution < -0.4 is 10.1 Å². The van der Waals surface area contributed by atoms with Crippen molar-refractivity contribution >= 4 is 17.0 Å². The maximum atomic E-state index is 11.8. The van der Waals surface area contributed by atoms with Gasteiger partial charge in [0.1, 0.15) is 5.75 Å². The van der Waals surface area contributed by atoms with Gasteiger partial charge in [0.2, 0.25) is 0 Å². The summed E-state index contributed by atoms with van der Waals surface area (Å²) < 4.78 is 8.04. The summed E-state index contributed by atoms with van der Waals surface area (Å²) in [6, 6.07) is 11.3. The van der Waals surface area contributed by atoms with E-state index < -0.39 is 5.97 Å². The maximum absolute atomic E-state index is 11.8. The van der Waals surface area contributed by atoms with E-state index in [4.69, 9.17) is 9.84 Å². The van der Waals surface area contributed by atoms with Crippen LogP contribution in [0.15, 0.2) is 36.4 Å². The lowest BCUT2D eigenvalue weighted by Crippen LogP contribution is -2.30. The summed E-state index contributed by atoms with van der Waals surface area (Å²) in [7, 11) is 0. The number of aromatic nitrogens is 3. The molecule has 3 heterocycles. The number of carbonyl (C=O) groups is 1. The Labute approximate surface area is 175 Å². The van der Waals surface area contributed by atoms with Crippen LogP contribution >= 0.6 is 0 Å². The zero-order chi connectivity index (χ0) is 20.5. The van der Waals surface area contributed by atoms with Crippen LogP contribution in [-0.4, -0.2) is 45.5 Å². The molecule has 7 heteroatoms. The lowest BCUT2D eigenvalue weighted by Gasteiger charge is -2.25.